The third-order valence-corrected chi connectivity index (χ3v) is 8.20. The van der Waals surface area contributed by atoms with Crippen LogP contribution in [-0.4, -0.2) is 36.2 Å². The molecule has 0 radical (unpaired) electrons. The maximum absolute atomic E-state index is 12.9. The van der Waals surface area contributed by atoms with E-state index in [0.29, 0.717) is 47.3 Å². The van der Waals surface area contributed by atoms with Crippen LogP contribution in [0.5, 0.6) is 0 Å². The van der Waals surface area contributed by atoms with E-state index in [9.17, 15) is 27.9 Å². The maximum Gasteiger partial charge on any atom is 0.303 e. The van der Waals surface area contributed by atoms with E-state index in [2.05, 4.69) is 15.0 Å². The zero-order valence-corrected chi connectivity index (χ0v) is 22.1. The minimum Gasteiger partial charge on any atom is -0.481 e. The Morgan fingerprint density at radius 1 is 1.08 bits per heavy atom. The molecule has 0 spiro atoms. The smallest absolute Gasteiger partial charge is 0.303 e. The number of benzene rings is 2. The number of carbonyl (C=O) groups excluding carboxylic acids is 2. The second-order valence-electron chi connectivity index (χ2n) is 9.02. The number of fused-ring (bicyclic) bond motifs is 2. The number of aliphatic carboxylic acids is 1. The maximum atomic E-state index is 12.9. The molecular formula is C26H21Cl2N3O6S. The SMILES string of the molecule is O=C(O)CCc1c(C=C2C(=O)Nc3ccc(NS(=O)(=O)c4cc(Cl)cc(Cl)c4)cc32)[nH]c2c1C(=O)CCC2. The lowest BCUT2D eigenvalue weighted by molar-refractivity contribution is -0.137. The number of aryl methyl sites for hydroxylation is 1. The van der Waals surface area contributed by atoms with Crippen molar-refractivity contribution >= 4 is 73.9 Å². The standard InChI is InChI=1S/C26H21Cl2N3O6S/c27-13-8-14(28)10-16(9-13)38(36,37)31-15-4-6-20-18(11-15)19(26(35)30-20)12-22-17(5-7-24(33)34)25-21(29-22)2-1-3-23(25)32/h4,6,8-12,29,31H,1-3,5,7H2,(H,30,35)(H,33,34). The van der Waals surface area contributed by atoms with Crippen LogP contribution in [-0.2, 0) is 32.5 Å². The number of amides is 1. The van der Waals surface area contributed by atoms with Gasteiger partial charge in [0.15, 0.2) is 5.78 Å². The molecule has 2 aliphatic rings. The van der Waals surface area contributed by atoms with Crippen molar-refractivity contribution in [1.82, 2.24) is 4.98 Å². The van der Waals surface area contributed by atoms with Gasteiger partial charge in [0.2, 0.25) is 0 Å². The molecule has 0 saturated heterocycles. The van der Waals surface area contributed by atoms with Gasteiger partial charge in [-0.1, -0.05) is 23.2 Å². The van der Waals surface area contributed by atoms with Crippen molar-refractivity contribution in [2.24, 2.45) is 0 Å². The normalized spacial score (nSPS) is 15.8. The van der Waals surface area contributed by atoms with Gasteiger partial charge < -0.3 is 15.4 Å². The number of rotatable bonds is 7. The molecule has 1 aliphatic carbocycles. The van der Waals surface area contributed by atoms with Crippen LogP contribution in [0.15, 0.2) is 41.3 Å². The predicted octanol–water partition coefficient (Wildman–Crippen LogP) is 5.15. The highest BCUT2D eigenvalue weighted by Gasteiger charge is 2.29. The van der Waals surface area contributed by atoms with Crippen LogP contribution in [0.4, 0.5) is 11.4 Å². The van der Waals surface area contributed by atoms with Crippen molar-refractivity contribution in [3.05, 3.63) is 74.5 Å². The predicted molar refractivity (Wildman–Crippen MR) is 144 cm³/mol. The van der Waals surface area contributed by atoms with Gasteiger partial charge in [-0.3, -0.25) is 19.1 Å². The fourth-order valence-corrected chi connectivity index (χ4v) is 6.52. The Morgan fingerprint density at radius 2 is 1.82 bits per heavy atom. The molecule has 9 nitrogen and oxygen atoms in total. The minimum atomic E-state index is -4.04. The third-order valence-electron chi connectivity index (χ3n) is 6.40. The molecule has 4 N–H and O–H groups in total. The molecule has 0 atom stereocenters. The number of ketones is 1. The summed E-state index contributed by atoms with van der Waals surface area (Å²) < 4.78 is 28.4. The molecule has 3 aromatic rings. The van der Waals surface area contributed by atoms with Crippen molar-refractivity contribution in [1.29, 1.82) is 0 Å². The van der Waals surface area contributed by atoms with E-state index in [1.54, 1.807) is 12.1 Å². The summed E-state index contributed by atoms with van der Waals surface area (Å²) in [6, 6.07) is 8.57. The van der Waals surface area contributed by atoms with Gasteiger partial charge in [-0.15, -0.1) is 0 Å². The largest absolute Gasteiger partial charge is 0.481 e. The van der Waals surface area contributed by atoms with Crippen molar-refractivity contribution in [3.8, 4) is 0 Å². The van der Waals surface area contributed by atoms with E-state index in [0.717, 1.165) is 5.69 Å². The Balaban J connectivity index is 1.53. The monoisotopic (exact) mass is 573 g/mol. The molecule has 1 amide bonds. The van der Waals surface area contributed by atoms with Crippen LogP contribution in [0.1, 0.15) is 52.1 Å². The molecule has 1 aromatic heterocycles. The van der Waals surface area contributed by atoms with Crippen molar-refractivity contribution in [2.75, 3.05) is 10.0 Å². The average Bonchev–Trinajstić information content (AvgIpc) is 3.34. The van der Waals surface area contributed by atoms with Gasteiger partial charge in [-0.05, 0) is 67.3 Å². The number of carbonyl (C=O) groups is 3. The number of anilines is 2. The minimum absolute atomic E-state index is 0.0541. The topological polar surface area (TPSA) is 145 Å². The van der Waals surface area contributed by atoms with Crippen molar-refractivity contribution < 1.29 is 27.9 Å². The summed E-state index contributed by atoms with van der Waals surface area (Å²) in [6.07, 6.45) is 3.25. The molecule has 5 rings (SSSR count). The lowest BCUT2D eigenvalue weighted by Gasteiger charge is -2.11. The van der Waals surface area contributed by atoms with Gasteiger partial charge in [0.05, 0.1) is 10.5 Å². The number of Topliss-reactive ketones (excluding diaryl/α,β-unsaturated/α-hetero) is 1. The number of nitrogens with one attached hydrogen (secondary N) is 3. The van der Waals surface area contributed by atoms with Crippen LogP contribution in [0.25, 0.3) is 11.6 Å². The fraction of sp³-hybridized carbons (Fsp3) is 0.192. The van der Waals surface area contributed by atoms with Crippen LogP contribution in [0.3, 0.4) is 0 Å². The summed E-state index contributed by atoms with van der Waals surface area (Å²) >= 11 is 11.9. The zero-order valence-electron chi connectivity index (χ0n) is 19.7. The van der Waals surface area contributed by atoms with Crippen LogP contribution < -0.4 is 10.0 Å². The molecule has 0 saturated carbocycles. The molecule has 2 aromatic carbocycles. The first-order valence-corrected chi connectivity index (χ1v) is 13.9. The first kappa shape index (κ1) is 26.0. The highest BCUT2D eigenvalue weighted by molar-refractivity contribution is 7.92. The fourth-order valence-electron chi connectivity index (χ4n) is 4.74. The number of sulfonamides is 1. The third kappa shape index (κ3) is 5.07. The molecule has 12 heteroatoms. The molecule has 2 heterocycles. The van der Waals surface area contributed by atoms with Crippen LogP contribution in [0.2, 0.25) is 10.0 Å². The van der Waals surface area contributed by atoms with Gasteiger partial charge in [0, 0.05) is 56.8 Å². The molecule has 196 valence electrons. The molecule has 0 fully saturated rings. The molecule has 38 heavy (non-hydrogen) atoms. The van der Waals surface area contributed by atoms with E-state index >= 15 is 0 Å². The lowest BCUT2D eigenvalue weighted by Crippen LogP contribution is -2.13. The number of hydrogen-bond donors (Lipinski definition) is 4. The highest BCUT2D eigenvalue weighted by Crippen LogP contribution is 2.37. The Morgan fingerprint density at radius 3 is 2.53 bits per heavy atom. The van der Waals surface area contributed by atoms with E-state index in [1.165, 1.54) is 30.3 Å². The Labute approximate surface area is 227 Å². The van der Waals surface area contributed by atoms with E-state index in [-0.39, 0.29) is 44.8 Å². The Kier molecular flexibility index (Phi) is 6.81. The highest BCUT2D eigenvalue weighted by atomic mass is 35.5. The van der Waals surface area contributed by atoms with Gasteiger partial charge in [-0.2, -0.15) is 0 Å². The Bertz CT molecular complexity index is 1640. The van der Waals surface area contributed by atoms with Gasteiger partial charge >= 0.3 is 5.97 Å². The second kappa shape index (κ2) is 9.94. The summed E-state index contributed by atoms with van der Waals surface area (Å²) in [5, 5.41) is 12.3. The summed E-state index contributed by atoms with van der Waals surface area (Å²) in [7, 11) is -4.04. The van der Waals surface area contributed by atoms with E-state index in [4.69, 9.17) is 23.2 Å². The molecule has 0 unspecified atom stereocenters. The summed E-state index contributed by atoms with van der Waals surface area (Å²) in [6.45, 7) is 0. The first-order valence-electron chi connectivity index (χ1n) is 11.7. The van der Waals surface area contributed by atoms with Crippen LogP contribution in [0, 0.1) is 0 Å². The van der Waals surface area contributed by atoms with Gasteiger partial charge in [-0.25, -0.2) is 8.42 Å². The molecule has 0 bridgehead atoms. The van der Waals surface area contributed by atoms with Crippen molar-refractivity contribution in [2.45, 2.75) is 37.0 Å². The quantitative estimate of drug-likeness (QED) is 0.287. The average molecular weight is 574 g/mol. The molecular weight excluding hydrogens is 553 g/mol. The summed E-state index contributed by atoms with van der Waals surface area (Å²) in [4.78, 5) is 39.9. The van der Waals surface area contributed by atoms with Gasteiger partial charge in [0.1, 0.15) is 0 Å². The summed E-state index contributed by atoms with van der Waals surface area (Å²) in [5.41, 5.74) is 3.67. The van der Waals surface area contributed by atoms with Gasteiger partial charge in [0.25, 0.3) is 15.9 Å². The zero-order chi connectivity index (χ0) is 27.2. The number of carboxylic acid groups (broad SMARTS) is 1. The number of aromatic nitrogens is 1. The molecule has 1 aliphatic heterocycles. The van der Waals surface area contributed by atoms with Crippen molar-refractivity contribution in [3.63, 3.8) is 0 Å². The van der Waals surface area contributed by atoms with Crippen LogP contribution >= 0.6 is 23.2 Å². The number of aromatic amines is 1. The number of H-pyrrole nitrogens is 1. The lowest BCUT2D eigenvalue weighted by atomic mass is 9.91. The number of hydrogen-bond acceptors (Lipinski definition) is 5. The second-order valence-corrected chi connectivity index (χ2v) is 11.6. The summed E-state index contributed by atoms with van der Waals surface area (Å²) in [5.74, 6) is -1.46. The van der Waals surface area contributed by atoms with E-state index in [1.807, 2.05) is 0 Å². The first-order chi connectivity index (χ1) is 18.0. The number of halogens is 2. The Hall–Kier alpha value is -3.60. The van der Waals surface area contributed by atoms with E-state index < -0.39 is 21.9 Å². The number of carboxylic acids is 1.